The quantitative estimate of drug-likeness (QED) is 0.726. The van der Waals surface area contributed by atoms with Crippen LogP contribution >= 0.6 is 0 Å². The maximum atomic E-state index is 13.5. The molecule has 1 aromatic carbocycles. The fraction of sp³-hybridized carbons (Fsp3) is 0.444. The number of aromatic nitrogens is 2. The number of hydrogen-bond acceptors (Lipinski definition) is 7. The lowest BCUT2D eigenvalue weighted by molar-refractivity contribution is 0.122. The summed E-state index contributed by atoms with van der Waals surface area (Å²) in [7, 11) is -3.89. The van der Waals surface area contributed by atoms with Gasteiger partial charge < -0.3 is 14.5 Å². The van der Waals surface area contributed by atoms with Gasteiger partial charge in [-0.1, -0.05) is 0 Å². The lowest BCUT2D eigenvalue weighted by Crippen LogP contribution is -2.49. The summed E-state index contributed by atoms with van der Waals surface area (Å²) in [6.45, 7) is 4.02. The van der Waals surface area contributed by atoms with E-state index in [1.807, 2.05) is 4.90 Å². The van der Waals surface area contributed by atoms with Crippen molar-refractivity contribution in [1.82, 2.24) is 14.3 Å². The van der Waals surface area contributed by atoms with Gasteiger partial charge in [-0.2, -0.15) is 9.29 Å². The van der Waals surface area contributed by atoms with E-state index in [1.54, 1.807) is 12.3 Å². The van der Waals surface area contributed by atoms with Gasteiger partial charge in [0.15, 0.2) is 11.6 Å². The number of benzene rings is 1. The summed E-state index contributed by atoms with van der Waals surface area (Å²) in [5.74, 6) is -0.899. The molecule has 2 aliphatic rings. The number of nitrogens with zero attached hydrogens (tertiary/aromatic N) is 5. The Bertz CT molecular complexity index is 977. The minimum absolute atomic E-state index is 0.220. The average molecular weight is 425 g/mol. The number of rotatable bonds is 4. The summed E-state index contributed by atoms with van der Waals surface area (Å²) in [6.07, 6.45) is 1.69. The first-order valence-corrected chi connectivity index (χ1v) is 10.7. The molecule has 11 heteroatoms. The van der Waals surface area contributed by atoms with Crippen LogP contribution in [0, 0.1) is 11.6 Å². The maximum Gasteiger partial charge on any atom is 0.243 e. The van der Waals surface area contributed by atoms with Gasteiger partial charge in [0.25, 0.3) is 0 Å². The summed E-state index contributed by atoms with van der Waals surface area (Å²) < 4.78 is 58.7. The fourth-order valence-corrected chi connectivity index (χ4v) is 4.81. The van der Waals surface area contributed by atoms with Crippen LogP contribution in [0.3, 0.4) is 0 Å². The molecule has 29 heavy (non-hydrogen) atoms. The number of ether oxygens (including phenoxy) is 1. The predicted octanol–water partition coefficient (Wildman–Crippen LogP) is 1.10. The van der Waals surface area contributed by atoms with Crippen LogP contribution in [-0.4, -0.2) is 75.2 Å². The number of sulfonamides is 1. The Kier molecular flexibility index (Phi) is 5.61. The summed E-state index contributed by atoms with van der Waals surface area (Å²) in [5.41, 5.74) is 0. The molecule has 0 spiro atoms. The Morgan fingerprint density at radius 3 is 2.31 bits per heavy atom. The van der Waals surface area contributed by atoms with Crippen molar-refractivity contribution in [3.05, 3.63) is 42.1 Å². The largest absolute Gasteiger partial charge is 0.378 e. The molecule has 8 nitrogen and oxygen atoms in total. The van der Waals surface area contributed by atoms with Crippen molar-refractivity contribution in [3.8, 4) is 0 Å². The van der Waals surface area contributed by atoms with Crippen LogP contribution in [0.2, 0.25) is 0 Å². The molecule has 0 bridgehead atoms. The highest BCUT2D eigenvalue weighted by molar-refractivity contribution is 7.89. The molecule has 2 aliphatic heterocycles. The summed E-state index contributed by atoms with van der Waals surface area (Å²) in [6, 6.07) is 4.42. The zero-order valence-electron chi connectivity index (χ0n) is 15.7. The monoisotopic (exact) mass is 425 g/mol. The van der Waals surface area contributed by atoms with E-state index < -0.39 is 21.7 Å². The van der Waals surface area contributed by atoms with E-state index in [-0.39, 0.29) is 18.0 Å². The van der Waals surface area contributed by atoms with Crippen LogP contribution in [0.4, 0.5) is 20.5 Å². The van der Waals surface area contributed by atoms with Crippen LogP contribution in [0.1, 0.15) is 0 Å². The minimum Gasteiger partial charge on any atom is -0.378 e. The lowest BCUT2D eigenvalue weighted by atomic mass is 10.3. The van der Waals surface area contributed by atoms with E-state index in [2.05, 4.69) is 14.9 Å². The molecule has 3 heterocycles. The van der Waals surface area contributed by atoms with E-state index in [9.17, 15) is 17.2 Å². The zero-order valence-corrected chi connectivity index (χ0v) is 16.5. The van der Waals surface area contributed by atoms with Gasteiger partial charge in [0.05, 0.1) is 18.1 Å². The number of piperazine rings is 1. The standard InChI is InChI=1S/C18H21F2N5O3S/c19-15-2-1-14(13-16(15)20)29(26,27)25-7-5-23(6-8-25)17-3-4-21-18(22-17)24-9-11-28-12-10-24/h1-4,13H,5-12H2. The second-order valence-corrected chi connectivity index (χ2v) is 8.72. The molecule has 0 atom stereocenters. The first kappa shape index (κ1) is 19.9. The van der Waals surface area contributed by atoms with Gasteiger partial charge in [-0.3, -0.25) is 0 Å². The SMILES string of the molecule is O=S(=O)(c1ccc(F)c(F)c1)N1CCN(c2ccnc(N3CCOCC3)n2)CC1. The Labute approximate surface area is 167 Å². The van der Waals surface area contributed by atoms with Gasteiger partial charge in [-0.05, 0) is 24.3 Å². The molecule has 2 aromatic rings. The van der Waals surface area contributed by atoms with Crippen molar-refractivity contribution in [2.75, 3.05) is 62.3 Å². The number of halogens is 2. The van der Waals surface area contributed by atoms with Gasteiger partial charge in [0.1, 0.15) is 5.82 Å². The first-order chi connectivity index (χ1) is 13.9. The first-order valence-electron chi connectivity index (χ1n) is 9.31. The van der Waals surface area contributed by atoms with E-state index in [0.29, 0.717) is 32.3 Å². The zero-order chi connectivity index (χ0) is 20.4. The number of anilines is 2. The molecule has 4 rings (SSSR count). The van der Waals surface area contributed by atoms with Crippen molar-refractivity contribution in [2.45, 2.75) is 4.90 Å². The molecule has 2 saturated heterocycles. The van der Waals surface area contributed by atoms with E-state index in [1.165, 1.54) is 4.31 Å². The smallest absolute Gasteiger partial charge is 0.243 e. The molecule has 0 unspecified atom stereocenters. The lowest BCUT2D eigenvalue weighted by Gasteiger charge is -2.35. The van der Waals surface area contributed by atoms with Crippen molar-refractivity contribution in [3.63, 3.8) is 0 Å². The van der Waals surface area contributed by atoms with Crippen molar-refractivity contribution in [2.24, 2.45) is 0 Å². The average Bonchev–Trinajstić information content (AvgIpc) is 2.76. The van der Waals surface area contributed by atoms with Crippen molar-refractivity contribution < 1.29 is 21.9 Å². The van der Waals surface area contributed by atoms with Crippen LogP contribution in [0.5, 0.6) is 0 Å². The molecule has 0 amide bonds. The molecule has 2 fully saturated rings. The second kappa shape index (κ2) is 8.17. The Balaban J connectivity index is 1.44. The second-order valence-electron chi connectivity index (χ2n) is 6.78. The van der Waals surface area contributed by atoms with Gasteiger partial charge in [-0.25, -0.2) is 22.2 Å². The summed E-state index contributed by atoms with van der Waals surface area (Å²) in [5, 5.41) is 0. The molecule has 1 aromatic heterocycles. The van der Waals surface area contributed by atoms with Gasteiger partial charge in [-0.15, -0.1) is 0 Å². The molecular formula is C18H21F2N5O3S. The van der Waals surface area contributed by atoms with Crippen LogP contribution < -0.4 is 9.80 Å². The highest BCUT2D eigenvalue weighted by Gasteiger charge is 2.30. The molecule has 0 radical (unpaired) electrons. The third kappa shape index (κ3) is 4.16. The number of hydrogen-bond donors (Lipinski definition) is 0. The van der Waals surface area contributed by atoms with Gasteiger partial charge in [0, 0.05) is 45.5 Å². The van der Waals surface area contributed by atoms with Crippen LogP contribution in [0.15, 0.2) is 35.4 Å². The topological polar surface area (TPSA) is 78.9 Å². The normalized spacial score (nSPS) is 18.8. The maximum absolute atomic E-state index is 13.5. The molecule has 0 N–H and O–H groups in total. The summed E-state index contributed by atoms with van der Waals surface area (Å²) in [4.78, 5) is 12.7. The molecule has 156 valence electrons. The van der Waals surface area contributed by atoms with Crippen molar-refractivity contribution >= 4 is 21.8 Å². The van der Waals surface area contributed by atoms with E-state index in [0.717, 1.165) is 37.1 Å². The Morgan fingerprint density at radius 1 is 0.897 bits per heavy atom. The van der Waals surface area contributed by atoms with Crippen LogP contribution in [0.25, 0.3) is 0 Å². The van der Waals surface area contributed by atoms with Gasteiger partial charge >= 0.3 is 0 Å². The fourth-order valence-electron chi connectivity index (χ4n) is 3.37. The molecular weight excluding hydrogens is 404 g/mol. The van der Waals surface area contributed by atoms with E-state index >= 15 is 0 Å². The summed E-state index contributed by atoms with van der Waals surface area (Å²) >= 11 is 0. The third-order valence-corrected chi connectivity index (χ3v) is 6.91. The molecule has 0 aliphatic carbocycles. The minimum atomic E-state index is -3.89. The highest BCUT2D eigenvalue weighted by atomic mass is 32.2. The highest BCUT2D eigenvalue weighted by Crippen LogP contribution is 2.22. The van der Waals surface area contributed by atoms with Crippen molar-refractivity contribution in [1.29, 1.82) is 0 Å². The van der Waals surface area contributed by atoms with Crippen LogP contribution in [-0.2, 0) is 14.8 Å². The molecule has 0 saturated carbocycles. The Morgan fingerprint density at radius 2 is 1.62 bits per heavy atom. The van der Waals surface area contributed by atoms with Gasteiger partial charge in [0.2, 0.25) is 16.0 Å². The Hall–Kier alpha value is -2.37. The third-order valence-electron chi connectivity index (χ3n) is 5.01. The number of morpholine rings is 1. The predicted molar refractivity (Wildman–Crippen MR) is 102 cm³/mol. The van der Waals surface area contributed by atoms with E-state index in [4.69, 9.17) is 4.74 Å².